The zero-order valence-corrected chi connectivity index (χ0v) is 20.5. The second kappa shape index (κ2) is 12.6. The van der Waals surface area contributed by atoms with E-state index < -0.39 is 0 Å². The Hall–Kier alpha value is -2.86. The van der Waals surface area contributed by atoms with Crippen molar-refractivity contribution in [3.63, 3.8) is 0 Å². The van der Waals surface area contributed by atoms with Crippen molar-refractivity contribution in [2.24, 2.45) is 5.92 Å². The minimum Gasteiger partial charge on any atom is -0.490 e. The number of hydrogen-bond acceptors (Lipinski definition) is 5. The van der Waals surface area contributed by atoms with Gasteiger partial charge in [-0.1, -0.05) is 11.6 Å². The molecule has 0 spiro atoms. The van der Waals surface area contributed by atoms with E-state index in [0.717, 1.165) is 37.0 Å². The third-order valence-electron chi connectivity index (χ3n) is 6.06. The summed E-state index contributed by atoms with van der Waals surface area (Å²) < 4.78 is 11.3. The fraction of sp³-hybridized carbons (Fsp3) is 0.444. The van der Waals surface area contributed by atoms with Gasteiger partial charge in [0.15, 0.2) is 5.78 Å². The van der Waals surface area contributed by atoms with Crippen LogP contribution in [0.5, 0.6) is 5.75 Å². The molecule has 1 saturated carbocycles. The first-order chi connectivity index (χ1) is 16.4. The lowest BCUT2D eigenvalue weighted by Crippen LogP contribution is -2.29. The lowest BCUT2D eigenvalue weighted by atomic mass is 9.87. The highest BCUT2D eigenvalue weighted by Crippen LogP contribution is 2.30. The van der Waals surface area contributed by atoms with Gasteiger partial charge in [0.25, 0.3) is 5.91 Å². The first kappa shape index (κ1) is 25.8. The smallest absolute Gasteiger partial charge is 0.308 e. The second-order valence-corrected chi connectivity index (χ2v) is 9.05. The molecule has 7 heteroatoms. The molecule has 1 amide bonds. The van der Waals surface area contributed by atoms with Crippen molar-refractivity contribution in [2.45, 2.75) is 58.5 Å². The maximum Gasteiger partial charge on any atom is 0.308 e. The number of carbonyl (C=O) groups is 3. The standard InChI is InChI=1S/C27H32ClNO5/c1-3-33-27(32)20-8-13-23(14-9-20)34-25-15-10-21(17-18(25)2)24(30)5-4-16-29-26(31)19-6-11-22(28)12-7-19/h6-7,10-12,15,17,20,23H,3-5,8-9,13-14,16H2,1-2H3,(H,29,31). The molecule has 34 heavy (non-hydrogen) atoms. The van der Waals surface area contributed by atoms with E-state index >= 15 is 0 Å². The van der Waals surface area contributed by atoms with Crippen molar-refractivity contribution >= 4 is 29.3 Å². The fourth-order valence-corrected chi connectivity index (χ4v) is 4.24. The molecule has 1 fully saturated rings. The Morgan fingerprint density at radius 3 is 2.32 bits per heavy atom. The van der Waals surface area contributed by atoms with Crippen LogP contribution in [0.3, 0.4) is 0 Å². The van der Waals surface area contributed by atoms with Gasteiger partial charge in [-0.25, -0.2) is 0 Å². The predicted molar refractivity (Wildman–Crippen MR) is 132 cm³/mol. The minimum atomic E-state index is -0.183. The molecule has 3 rings (SSSR count). The Bertz CT molecular complexity index is 997. The average Bonchev–Trinajstić information content (AvgIpc) is 2.84. The summed E-state index contributed by atoms with van der Waals surface area (Å²) in [5, 5.41) is 3.40. The van der Waals surface area contributed by atoms with Gasteiger partial charge < -0.3 is 14.8 Å². The third-order valence-corrected chi connectivity index (χ3v) is 6.31. The Balaban J connectivity index is 1.42. The molecule has 6 nitrogen and oxygen atoms in total. The summed E-state index contributed by atoms with van der Waals surface area (Å²) in [6.07, 6.45) is 4.13. The van der Waals surface area contributed by atoms with Crippen molar-refractivity contribution in [2.75, 3.05) is 13.2 Å². The van der Waals surface area contributed by atoms with Crippen LogP contribution in [-0.4, -0.2) is 36.9 Å². The predicted octanol–water partition coefficient (Wildman–Crippen LogP) is 5.54. The van der Waals surface area contributed by atoms with E-state index in [9.17, 15) is 14.4 Å². The summed E-state index contributed by atoms with van der Waals surface area (Å²) in [6, 6.07) is 12.2. The number of nitrogens with one attached hydrogen (secondary N) is 1. The summed E-state index contributed by atoms with van der Waals surface area (Å²) in [7, 11) is 0. The third kappa shape index (κ3) is 7.32. The van der Waals surface area contributed by atoms with Crippen molar-refractivity contribution in [3.05, 3.63) is 64.2 Å². The minimum absolute atomic E-state index is 0.0307. The van der Waals surface area contributed by atoms with Gasteiger partial charge in [0.1, 0.15) is 5.75 Å². The quantitative estimate of drug-likeness (QED) is 0.271. The zero-order chi connectivity index (χ0) is 24.5. The van der Waals surface area contributed by atoms with Gasteiger partial charge in [-0.2, -0.15) is 0 Å². The molecule has 0 heterocycles. The molecule has 0 saturated heterocycles. The molecule has 2 aromatic carbocycles. The first-order valence-electron chi connectivity index (χ1n) is 11.9. The van der Waals surface area contributed by atoms with Crippen molar-refractivity contribution < 1.29 is 23.9 Å². The summed E-state index contributed by atoms with van der Waals surface area (Å²) in [4.78, 5) is 36.6. The van der Waals surface area contributed by atoms with Gasteiger partial charge in [0, 0.05) is 29.1 Å². The van der Waals surface area contributed by atoms with Gasteiger partial charge in [-0.15, -0.1) is 0 Å². The topological polar surface area (TPSA) is 81.7 Å². The van der Waals surface area contributed by atoms with Gasteiger partial charge in [-0.3, -0.25) is 14.4 Å². The first-order valence-corrected chi connectivity index (χ1v) is 12.3. The number of hydrogen-bond donors (Lipinski definition) is 1. The monoisotopic (exact) mass is 485 g/mol. The molecule has 0 aliphatic heterocycles. The van der Waals surface area contributed by atoms with Crippen molar-refractivity contribution in [1.82, 2.24) is 5.32 Å². The largest absolute Gasteiger partial charge is 0.490 e. The molecule has 1 aliphatic carbocycles. The molecule has 2 aromatic rings. The molecule has 1 N–H and O–H groups in total. The van der Waals surface area contributed by atoms with Crippen LogP contribution in [0.15, 0.2) is 42.5 Å². The molecule has 0 aromatic heterocycles. The molecular formula is C27H32ClNO5. The lowest BCUT2D eigenvalue weighted by Gasteiger charge is -2.28. The van der Waals surface area contributed by atoms with Crippen LogP contribution >= 0.6 is 11.6 Å². The van der Waals surface area contributed by atoms with Crippen LogP contribution < -0.4 is 10.1 Å². The van der Waals surface area contributed by atoms with Crippen molar-refractivity contribution in [3.8, 4) is 5.75 Å². The number of amides is 1. The van der Waals surface area contributed by atoms with Gasteiger partial charge >= 0.3 is 5.97 Å². The summed E-state index contributed by atoms with van der Waals surface area (Å²) >= 11 is 5.84. The number of rotatable bonds is 10. The maximum absolute atomic E-state index is 12.6. The highest BCUT2D eigenvalue weighted by molar-refractivity contribution is 6.30. The lowest BCUT2D eigenvalue weighted by molar-refractivity contribution is -0.149. The normalized spacial score (nSPS) is 17.6. The maximum atomic E-state index is 12.6. The van der Waals surface area contributed by atoms with E-state index in [-0.39, 0.29) is 29.7 Å². The molecule has 0 bridgehead atoms. The van der Waals surface area contributed by atoms with E-state index in [2.05, 4.69) is 5.32 Å². The Labute approximate surface area is 206 Å². The van der Waals surface area contributed by atoms with E-state index in [1.165, 1.54) is 0 Å². The van der Waals surface area contributed by atoms with Gasteiger partial charge in [0.2, 0.25) is 0 Å². The molecule has 0 atom stereocenters. The van der Waals surface area contributed by atoms with Crippen LogP contribution in [-0.2, 0) is 9.53 Å². The zero-order valence-electron chi connectivity index (χ0n) is 19.8. The number of esters is 1. The number of aryl methyl sites for hydroxylation is 1. The van der Waals surface area contributed by atoms with Crippen LogP contribution in [0.4, 0.5) is 0 Å². The number of ketones is 1. The summed E-state index contributed by atoms with van der Waals surface area (Å²) in [5.41, 5.74) is 2.09. The Morgan fingerprint density at radius 1 is 1.00 bits per heavy atom. The Morgan fingerprint density at radius 2 is 1.68 bits per heavy atom. The summed E-state index contributed by atoms with van der Waals surface area (Å²) in [5.74, 6) is 0.482. The van der Waals surface area contributed by atoms with Crippen LogP contribution in [0.1, 0.15) is 71.7 Å². The fourth-order valence-electron chi connectivity index (χ4n) is 4.11. The molecule has 182 valence electrons. The molecular weight excluding hydrogens is 454 g/mol. The van der Waals surface area contributed by atoms with Gasteiger partial charge in [0.05, 0.1) is 18.6 Å². The summed E-state index contributed by atoms with van der Waals surface area (Å²) in [6.45, 7) is 4.59. The number of carbonyl (C=O) groups excluding carboxylic acids is 3. The SMILES string of the molecule is CCOC(=O)C1CCC(Oc2ccc(C(=O)CCCNC(=O)c3ccc(Cl)cc3)cc2C)CC1. The number of Topliss-reactive ketones (excluding diaryl/α,β-unsaturated/α-hetero) is 1. The van der Waals surface area contributed by atoms with E-state index in [0.29, 0.717) is 42.1 Å². The second-order valence-electron chi connectivity index (χ2n) is 8.61. The average molecular weight is 486 g/mol. The number of halogens is 1. The Kier molecular flexibility index (Phi) is 9.52. The van der Waals surface area contributed by atoms with Crippen LogP contribution in [0, 0.1) is 12.8 Å². The number of ether oxygens (including phenoxy) is 2. The van der Waals surface area contributed by atoms with Crippen LogP contribution in [0.25, 0.3) is 0 Å². The van der Waals surface area contributed by atoms with E-state index in [1.54, 1.807) is 30.3 Å². The van der Waals surface area contributed by atoms with Crippen molar-refractivity contribution in [1.29, 1.82) is 0 Å². The highest BCUT2D eigenvalue weighted by Gasteiger charge is 2.28. The molecule has 1 aliphatic rings. The van der Waals surface area contributed by atoms with Gasteiger partial charge in [-0.05, 0) is 94.0 Å². The highest BCUT2D eigenvalue weighted by atomic mass is 35.5. The van der Waals surface area contributed by atoms with Crippen LogP contribution in [0.2, 0.25) is 5.02 Å². The molecule has 0 unspecified atom stereocenters. The van der Waals surface area contributed by atoms with E-state index in [4.69, 9.17) is 21.1 Å². The number of benzene rings is 2. The van der Waals surface area contributed by atoms with E-state index in [1.807, 2.05) is 26.0 Å². The molecule has 0 radical (unpaired) electrons.